The lowest BCUT2D eigenvalue weighted by molar-refractivity contribution is -0.107. The van der Waals surface area contributed by atoms with Crippen LogP contribution in [0, 0.1) is 0 Å². The van der Waals surface area contributed by atoms with Crippen LogP contribution < -0.4 is 0 Å². The third kappa shape index (κ3) is 5.39. The van der Waals surface area contributed by atoms with Crippen LogP contribution in [0.5, 0.6) is 0 Å². The predicted octanol–water partition coefficient (Wildman–Crippen LogP) is 3.61. The fraction of sp³-hybridized carbons (Fsp3) is 0.500. The molecule has 0 saturated carbocycles. The Hall–Kier alpha value is -1.43. The van der Waals surface area contributed by atoms with Gasteiger partial charge in [-0.15, -0.1) is 0 Å². The minimum atomic E-state index is -0.342. The van der Waals surface area contributed by atoms with E-state index in [1.807, 2.05) is 18.2 Å². The molecule has 29 heavy (non-hydrogen) atoms. The number of rotatable bonds is 5. The first-order chi connectivity index (χ1) is 14.1. The van der Waals surface area contributed by atoms with Crippen molar-refractivity contribution in [1.29, 1.82) is 0 Å². The van der Waals surface area contributed by atoms with Crippen LogP contribution in [-0.2, 0) is 17.7 Å². The minimum Gasteiger partial charge on any atom is -0.390 e. The molecule has 2 aliphatic heterocycles. The zero-order valence-corrected chi connectivity index (χ0v) is 17.8. The summed E-state index contributed by atoms with van der Waals surface area (Å²) in [5.74, 6) is 0. The van der Waals surface area contributed by atoms with Crippen LogP contribution >= 0.6 is 11.6 Å². The van der Waals surface area contributed by atoms with Crippen molar-refractivity contribution in [3.8, 4) is 0 Å². The number of likely N-dealkylation sites (tertiary alicyclic amines) is 1. The lowest BCUT2D eigenvalue weighted by Crippen LogP contribution is -2.61. The Morgan fingerprint density at radius 1 is 1.03 bits per heavy atom. The fourth-order valence-electron chi connectivity index (χ4n) is 4.70. The van der Waals surface area contributed by atoms with Crippen LogP contribution in [0.4, 0.5) is 0 Å². The fourth-order valence-corrected chi connectivity index (χ4v) is 4.83. The Kier molecular flexibility index (Phi) is 6.88. The van der Waals surface area contributed by atoms with Gasteiger partial charge in [0.2, 0.25) is 0 Å². The van der Waals surface area contributed by atoms with Gasteiger partial charge in [-0.3, -0.25) is 9.80 Å². The quantitative estimate of drug-likeness (QED) is 0.810. The zero-order valence-electron chi connectivity index (χ0n) is 17.1. The molecule has 4 atom stereocenters. The third-order valence-electron chi connectivity index (χ3n) is 6.20. The van der Waals surface area contributed by atoms with Crippen LogP contribution in [0.1, 0.15) is 24.5 Å². The van der Waals surface area contributed by atoms with E-state index in [1.165, 1.54) is 11.1 Å². The average molecular weight is 415 g/mol. The maximum absolute atomic E-state index is 11.0. The normalized spacial score (nSPS) is 29.1. The molecule has 2 aromatic rings. The van der Waals surface area contributed by atoms with E-state index in [1.54, 1.807) is 0 Å². The second-order valence-electron chi connectivity index (χ2n) is 8.47. The number of benzene rings is 2. The Morgan fingerprint density at radius 3 is 2.52 bits per heavy atom. The van der Waals surface area contributed by atoms with Crippen molar-refractivity contribution >= 4 is 11.6 Å². The Morgan fingerprint density at radius 2 is 1.79 bits per heavy atom. The molecule has 0 radical (unpaired) electrons. The van der Waals surface area contributed by atoms with Gasteiger partial charge in [-0.1, -0.05) is 54.1 Å². The Balaban J connectivity index is 1.41. The molecular formula is C24H31ClN2O2. The van der Waals surface area contributed by atoms with Crippen molar-refractivity contribution < 1.29 is 9.84 Å². The van der Waals surface area contributed by atoms with E-state index in [2.05, 4.69) is 53.1 Å². The van der Waals surface area contributed by atoms with Gasteiger partial charge in [0.15, 0.2) is 0 Å². The second kappa shape index (κ2) is 9.59. The highest BCUT2D eigenvalue weighted by atomic mass is 35.5. The number of halogens is 1. The van der Waals surface area contributed by atoms with Gasteiger partial charge >= 0.3 is 0 Å². The van der Waals surface area contributed by atoms with Crippen molar-refractivity contribution in [2.75, 3.05) is 26.2 Å². The number of hydrogen-bond donors (Lipinski definition) is 1. The van der Waals surface area contributed by atoms with Gasteiger partial charge in [0.1, 0.15) is 0 Å². The summed E-state index contributed by atoms with van der Waals surface area (Å²) in [5.41, 5.74) is 2.57. The van der Waals surface area contributed by atoms with Gasteiger partial charge in [0.25, 0.3) is 0 Å². The molecule has 0 aliphatic carbocycles. The van der Waals surface area contributed by atoms with E-state index in [4.69, 9.17) is 16.3 Å². The standard InChI is InChI=1S/C24H31ClN2O2/c1-18-14-27(22(17-29-18)13-19-7-9-21(25)10-8-19)23-11-12-26(16-24(23)28)15-20-5-3-2-4-6-20/h2-10,18,22-24,28H,11-17H2,1H3/t18-,22-,23?,24-/m0/s1. The number of morpholine rings is 1. The first-order valence-corrected chi connectivity index (χ1v) is 11.0. The molecule has 0 amide bonds. The molecule has 4 rings (SSSR count). The number of hydrogen-bond acceptors (Lipinski definition) is 4. The monoisotopic (exact) mass is 414 g/mol. The summed E-state index contributed by atoms with van der Waals surface area (Å²) < 4.78 is 5.98. The smallest absolute Gasteiger partial charge is 0.0822 e. The van der Waals surface area contributed by atoms with Crippen LogP contribution in [-0.4, -0.2) is 65.4 Å². The molecule has 0 bridgehead atoms. The highest BCUT2D eigenvalue weighted by Gasteiger charge is 2.38. The molecule has 5 heteroatoms. The molecule has 4 nitrogen and oxygen atoms in total. The van der Waals surface area contributed by atoms with E-state index in [-0.39, 0.29) is 24.3 Å². The first kappa shape index (κ1) is 20.8. The van der Waals surface area contributed by atoms with Gasteiger partial charge in [0, 0.05) is 43.3 Å². The Bertz CT molecular complexity index is 770. The van der Waals surface area contributed by atoms with Gasteiger partial charge in [-0.2, -0.15) is 0 Å². The van der Waals surface area contributed by atoms with Crippen molar-refractivity contribution in [3.05, 3.63) is 70.7 Å². The van der Waals surface area contributed by atoms with E-state index < -0.39 is 0 Å². The summed E-state index contributed by atoms with van der Waals surface area (Å²) in [4.78, 5) is 4.88. The van der Waals surface area contributed by atoms with E-state index in [0.29, 0.717) is 6.61 Å². The third-order valence-corrected chi connectivity index (χ3v) is 6.45. The molecule has 2 heterocycles. The number of nitrogens with zero attached hydrogens (tertiary/aromatic N) is 2. The van der Waals surface area contributed by atoms with Crippen LogP contribution in [0.3, 0.4) is 0 Å². The summed E-state index contributed by atoms with van der Waals surface area (Å²) in [6.07, 6.45) is 1.76. The molecule has 1 N–H and O–H groups in total. The summed E-state index contributed by atoms with van der Waals surface area (Å²) in [6.45, 7) is 6.34. The highest BCUT2D eigenvalue weighted by Crippen LogP contribution is 2.26. The number of piperidine rings is 1. The summed E-state index contributed by atoms with van der Waals surface area (Å²) in [5, 5.41) is 11.8. The average Bonchev–Trinajstić information content (AvgIpc) is 2.72. The number of aliphatic hydroxyl groups is 1. The highest BCUT2D eigenvalue weighted by molar-refractivity contribution is 6.30. The van der Waals surface area contributed by atoms with Gasteiger partial charge in [-0.05, 0) is 43.0 Å². The second-order valence-corrected chi connectivity index (χ2v) is 8.91. The molecule has 156 valence electrons. The number of aliphatic hydroxyl groups excluding tert-OH is 1. The number of ether oxygens (including phenoxy) is 1. The van der Waals surface area contributed by atoms with Crippen molar-refractivity contribution in [3.63, 3.8) is 0 Å². The Labute approximate surface area is 179 Å². The first-order valence-electron chi connectivity index (χ1n) is 10.6. The minimum absolute atomic E-state index is 0.186. The molecule has 2 fully saturated rings. The number of β-amino-alcohol motifs (C(OH)–C–C–N with tert-alkyl or cyclic N) is 1. The van der Waals surface area contributed by atoms with Crippen molar-refractivity contribution in [1.82, 2.24) is 9.80 Å². The van der Waals surface area contributed by atoms with Crippen LogP contribution in [0.2, 0.25) is 5.02 Å². The molecule has 2 aliphatic rings. The maximum Gasteiger partial charge on any atom is 0.0822 e. The van der Waals surface area contributed by atoms with Gasteiger partial charge in [0.05, 0.1) is 18.8 Å². The lowest BCUT2D eigenvalue weighted by Gasteiger charge is -2.48. The summed E-state index contributed by atoms with van der Waals surface area (Å²) in [7, 11) is 0. The molecule has 2 aromatic carbocycles. The van der Waals surface area contributed by atoms with Crippen LogP contribution in [0.15, 0.2) is 54.6 Å². The topological polar surface area (TPSA) is 35.9 Å². The maximum atomic E-state index is 11.0. The zero-order chi connectivity index (χ0) is 20.2. The molecular weight excluding hydrogens is 384 g/mol. The lowest BCUT2D eigenvalue weighted by atomic mass is 9.94. The van der Waals surface area contributed by atoms with E-state index >= 15 is 0 Å². The predicted molar refractivity (Wildman–Crippen MR) is 117 cm³/mol. The van der Waals surface area contributed by atoms with Gasteiger partial charge in [-0.25, -0.2) is 0 Å². The molecule has 1 unspecified atom stereocenters. The summed E-state index contributed by atoms with van der Waals surface area (Å²) in [6, 6.07) is 19.1. The SMILES string of the molecule is C[C@H]1CN(C2CCN(Cc3ccccc3)C[C@@H]2O)[C@@H](Cc2ccc(Cl)cc2)CO1. The largest absolute Gasteiger partial charge is 0.390 e. The molecule has 2 saturated heterocycles. The van der Waals surface area contributed by atoms with E-state index in [9.17, 15) is 5.11 Å². The van der Waals surface area contributed by atoms with E-state index in [0.717, 1.165) is 44.0 Å². The summed E-state index contributed by atoms with van der Waals surface area (Å²) >= 11 is 6.04. The van der Waals surface area contributed by atoms with Gasteiger partial charge < -0.3 is 9.84 Å². The van der Waals surface area contributed by atoms with Crippen molar-refractivity contribution in [2.45, 2.75) is 50.6 Å². The molecule has 0 aromatic heterocycles. The van der Waals surface area contributed by atoms with Crippen molar-refractivity contribution in [2.24, 2.45) is 0 Å². The molecule has 0 spiro atoms. The van der Waals surface area contributed by atoms with Crippen LogP contribution in [0.25, 0.3) is 0 Å².